The predicted molar refractivity (Wildman–Crippen MR) is 96.6 cm³/mol. The van der Waals surface area contributed by atoms with Gasteiger partial charge < -0.3 is 20.1 Å². The van der Waals surface area contributed by atoms with Gasteiger partial charge in [0.1, 0.15) is 11.4 Å². The molecule has 1 aromatic carbocycles. The molecule has 2 N–H and O–H groups in total. The lowest BCUT2D eigenvalue weighted by molar-refractivity contribution is 0.0396. The Morgan fingerprint density at radius 2 is 2.12 bits per heavy atom. The van der Waals surface area contributed by atoms with Crippen LogP contribution < -0.4 is 15.4 Å². The monoisotopic (exact) mass is 331 g/mol. The molecule has 1 atom stereocenters. The number of nitrogens with zero attached hydrogens (tertiary/aromatic N) is 1. The maximum Gasteiger partial charge on any atom is 0.191 e. The molecule has 5 heteroatoms. The standard InChI is InChI=1S/C19H29N3O2/c1-20-18(21-12-7-13-23-2)22-16-14-19(10-5-6-11-19)24-17-9-4-3-8-15(16)17/h3-4,8-9,16H,5-7,10-14H2,1-2H3,(H2,20,21,22). The second-order valence-corrected chi connectivity index (χ2v) is 6.78. The fourth-order valence-electron chi connectivity index (χ4n) is 3.86. The molecule has 1 aliphatic carbocycles. The summed E-state index contributed by atoms with van der Waals surface area (Å²) in [6.07, 6.45) is 6.80. The van der Waals surface area contributed by atoms with E-state index >= 15 is 0 Å². The molecule has 0 amide bonds. The molecule has 1 unspecified atom stereocenters. The van der Waals surface area contributed by atoms with E-state index in [0.29, 0.717) is 0 Å². The highest BCUT2D eigenvalue weighted by molar-refractivity contribution is 5.80. The minimum atomic E-state index is 0.000915. The zero-order valence-electron chi connectivity index (χ0n) is 14.8. The Hall–Kier alpha value is -1.75. The van der Waals surface area contributed by atoms with Gasteiger partial charge in [-0.15, -0.1) is 0 Å². The molecular weight excluding hydrogens is 302 g/mol. The van der Waals surface area contributed by atoms with Crippen molar-refractivity contribution in [2.24, 2.45) is 4.99 Å². The van der Waals surface area contributed by atoms with E-state index in [2.05, 4.69) is 39.9 Å². The summed E-state index contributed by atoms with van der Waals surface area (Å²) in [5.74, 6) is 1.87. The smallest absolute Gasteiger partial charge is 0.191 e. The lowest BCUT2D eigenvalue weighted by Gasteiger charge is -2.40. The molecule has 0 saturated heterocycles. The number of nitrogens with one attached hydrogen (secondary N) is 2. The van der Waals surface area contributed by atoms with E-state index in [1.807, 2.05) is 7.05 Å². The maximum absolute atomic E-state index is 6.42. The van der Waals surface area contributed by atoms with Gasteiger partial charge in [0, 0.05) is 39.3 Å². The van der Waals surface area contributed by atoms with Crippen molar-refractivity contribution in [2.45, 2.75) is 50.2 Å². The first-order chi connectivity index (χ1) is 11.8. The van der Waals surface area contributed by atoms with Gasteiger partial charge in [0.15, 0.2) is 5.96 Å². The Morgan fingerprint density at radius 1 is 1.33 bits per heavy atom. The summed E-state index contributed by atoms with van der Waals surface area (Å²) in [5, 5.41) is 6.99. The van der Waals surface area contributed by atoms with Gasteiger partial charge in [0.25, 0.3) is 0 Å². The maximum atomic E-state index is 6.42. The van der Waals surface area contributed by atoms with Crippen molar-refractivity contribution in [3.63, 3.8) is 0 Å². The quantitative estimate of drug-likeness (QED) is 0.495. The summed E-state index contributed by atoms with van der Waals surface area (Å²) in [5.41, 5.74) is 1.23. The first-order valence-electron chi connectivity index (χ1n) is 9.00. The second-order valence-electron chi connectivity index (χ2n) is 6.78. The number of ether oxygens (including phenoxy) is 2. The molecular formula is C19H29N3O2. The number of para-hydroxylation sites is 1. The largest absolute Gasteiger partial charge is 0.487 e. The van der Waals surface area contributed by atoms with E-state index < -0.39 is 0 Å². The number of rotatable bonds is 5. The Balaban J connectivity index is 1.71. The lowest BCUT2D eigenvalue weighted by Crippen LogP contribution is -2.46. The minimum absolute atomic E-state index is 0.000915. The van der Waals surface area contributed by atoms with Crippen molar-refractivity contribution in [2.75, 3.05) is 27.3 Å². The molecule has 1 saturated carbocycles. The molecule has 0 aromatic heterocycles. The van der Waals surface area contributed by atoms with E-state index in [1.54, 1.807) is 7.11 Å². The number of hydrogen-bond acceptors (Lipinski definition) is 3. The summed E-state index contributed by atoms with van der Waals surface area (Å²) in [4.78, 5) is 4.38. The van der Waals surface area contributed by atoms with Gasteiger partial charge in [-0.25, -0.2) is 0 Å². The molecule has 3 rings (SSSR count). The average Bonchev–Trinajstić information content (AvgIpc) is 3.05. The van der Waals surface area contributed by atoms with Gasteiger partial charge in [-0.3, -0.25) is 4.99 Å². The number of aliphatic imine (C=N–C) groups is 1. The van der Waals surface area contributed by atoms with E-state index in [1.165, 1.54) is 18.4 Å². The number of hydrogen-bond donors (Lipinski definition) is 2. The summed E-state index contributed by atoms with van der Waals surface area (Å²) in [7, 11) is 3.55. The third kappa shape index (κ3) is 3.83. The highest BCUT2D eigenvalue weighted by Gasteiger charge is 2.43. The molecule has 24 heavy (non-hydrogen) atoms. The highest BCUT2D eigenvalue weighted by atomic mass is 16.5. The SMILES string of the molecule is CN=C(NCCCOC)NC1CC2(CCCC2)Oc2ccccc21. The first-order valence-corrected chi connectivity index (χ1v) is 9.00. The summed E-state index contributed by atoms with van der Waals surface area (Å²) in [6.45, 7) is 1.61. The van der Waals surface area contributed by atoms with Crippen LogP contribution in [0.3, 0.4) is 0 Å². The van der Waals surface area contributed by atoms with Crippen molar-refractivity contribution in [3.8, 4) is 5.75 Å². The van der Waals surface area contributed by atoms with Gasteiger partial charge in [-0.2, -0.15) is 0 Å². The van der Waals surface area contributed by atoms with Crippen LogP contribution in [0.1, 0.15) is 50.1 Å². The average molecular weight is 331 g/mol. The van der Waals surface area contributed by atoms with Crippen LogP contribution in [0.4, 0.5) is 0 Å². The van der Waals surface area contributed by atoms with Crippen LogP contribution in [0, 0.1) is 0 Å². The van der Waals surface area contributed by atoms with Crippen LogP contribution in [-0.2, 0) is 4.74 Å². The van der Waals surface area contributed by atoms with Crippen molar-refractivity contribution >= 4 is 5.96 Å². The Bertz CT molecular complexity index is 567. The number of methoxy groups -OCH3 is 1. The molecule has 1 aliphatic heterocycles. The van der Waals surface area contributed by atoms with E-state index in [0.717, 1.165) is 50.5 Å². The van der Waals surface area contributed by atoms with Crippen molar-refractivity contribution in [1.29, 1.82) is 0 Å². The fraction of sp³-hybridized carbons (Fsp3) is 0.632. The molecule has 0 bridgehead atoms. The van der Waals surface area contributed by atoms with Crippen molar-refractivity contribution < 1.29 is 9.47 Å². The van der Waals surface area contributed by atoms with E-state index in [4.69, 9.17) is 9.47 Å². The molecule has 2 aliphatic rings. The van der Waals surface area contributed by atoms with Crippen LogP contribution >= 0.6 is 0 Å². The first kappa shape index (κ1) is 17.1. The Morgan fingerprint density at radius 3 is 2.88 bits per heavy atom. The Labute approximate surface area is 144 Å². The van der Waals surface area contributed by atoms with E-state index in [9.17, 15) is 0 Å². The fourth-order valence-corrected chi connectivity index (χ4v) is 3.86. The van der Waals surface area contributed by atoms with Crippen LogP contribution in [0.2, 0.25) is 0 Å². The number of benzene rings is 1. The van der Waals surface area contributed by atoms with E-state index in [-0.39, 0.29) is 11.6 Å². The van der Waals surface area contributed by atoms with Crippen LogP contribution in [0.5, 0.6) is 5.75 Å². The van der Waals surface area contributed by atoms with Gasteiger partial charge in [0.05, 0.1) is 6.04 Å². The van der Waals surface area contributed by atoms with Crippen molar-refractivity contribution in [3.05, 3.63) is 29.8 Å². The second kappa shape index (κ2) is 7.88. The minimum Gasteiger partial charge on any atom is -0.487 e. The van der Waals surface area contributed by atoms with Gasteiger partial charge in [0.2, 0.25) is 0 Å². The lowest BCUT2D eigenvalue weighted by atomic mass is 9.86. The topological polar surface area (TPSA) is 54.9 Å². The molecule has 1 fully saturated rings. The van der Waals surface area contributed by atoms with Crippen LogP contribution in [-0.4, -0.2) is 38.9 Å². The van der Waals surface area contributed by atoms with Crippen LogP contribution in [0.15, 0.2) is 29.3 Å². The van der Waals surface area contributed by atoms with Gasteiger partial charge in [-0.1, -0.05) is 18.2 Å². The third-order valence-corrected chi connectivity index (χ3v) is 5.06. The van der Waals surface area contributed by atoms with Crippen molar-refractivity contribution in [1.82, 2.24) is 10.6 Å². The highest BCUT2D eigenvalue weighted by Crippen LogP contribution is 2.46. The van der Waals surface area contributed by atoms with Crippen LogP contribution in [0.25, 0.3) is 0 Å². The molecule has 0 radical (unpaired) electrons. The zero-order valence-corrected chi connectivity index (χ0v) is 14.8. The number of fused-ring (bicyclic) bond motifs is 1. The normalized spacial score (nSPS) is 22.1. The summed E-state index contributed by atoms with van der Waals surface area (Å²) < 4.78 is 11.5. The molecule has 1 heterocycles. The molecule has 1 aromatic rings. The summed E-state index contributed by atoms with van der Waals surface area (Å²) >= 11 is 0. The molecule has 1 spiro atoms. The third-order valence-electron chi connectivity index (χ3n) is 5.06. The zero-order chi connectivity index (χ0) is 16.8. The molecule has 132 valence electrons. The van der Waals surface area contributed by atoms with Gasteiger partial charge in [-0.05, 0) is 38.2 Å². The van der Waals surface area contributed by atoms with Gasteiger partial charge >= 0.3 is 0 Å². The Kier molecular flexibility index (Phi) is 5.61. The molecule has 5 nitrogen and oxygen atoms in total. The predicted octanol–water partition coefficient (Wildman–Crippen LogP) is 3.02. The number of guanidine groups is 1. The summed E-state index contributed by atoms with van der Waals surface area (Å²) in [6, 6.07) is 8.63.